The number of carbonyl (C=O) groups excluding carboxylic acids is 2. The van der Waals surface area contributed by atoms with Crippen molar-refractivity contribution < 1.29 is 14.3 Å². The van der Waals surface area contributed by atoms with Crippen LogP contribution in [0.4, 0.5) is 0 Å². The molecule has 1 unspecified atom stereocenters. The molecule has 2 rings (SSSR count). The highest BCUT2D eigenvalue weighted by Crippen LogP contribution is 2.32. The van der Waals surface area contributed by atoms with Crippen molar-refractivity contribution in [2.45, 2.75) is 6.42 Å². The molecule has 3 heteroatoms. The van der Waals surface area contributed by atoms with Crippen LogP contribution in [0.1, 0.15) is 12.0 Å². The molecular formula is C13H12O3. The molecular weight excluding hydrogens is 204 g/mol. The summed E-state index contributed by atoms with van der Waals surface area (Å²) in [5.41, 5.74) is 1.67. The van der Waals surface area contributed by atoms with Gasteiger partial charge < -0.3 is 4.74 Å². The zero-order chi connectivity index (χ0) is 11.5. The summed E-state index contributed by atoms with van der Waals surface area (Å²) in [6.45, 7) is 0. The molecule has 0 saturated carbocycles. The van der Waals surface area contributed by atoms with Gasteiger partial charge in [0.1, 0.15) is 0 Å². The molecule has 0 saturated heterocycles. The Morgan fingerprint density at radius 3 is 2.62 bits per heavy atom. The summed E-state index contributed by atoms with van der Waals surface area (Å²) in [5, 5.41) is 0. The Bertz CT molecular complexity index is 446. The summed E-state index contributed by atoms with van der Waals surface area (Å²) in [5.74, 6) is -0.810. The van der Waals surface area contributed by atoms with Crippen LogP contribution >= 0.6 is 0 Å². The third kappa shape index (κ3) is 1.89. The third-order valence-corrected chi connectivity index (χ3v) is 2.69. The van der Waals surface area contributed by atoms with Gasteiger partial charge >= 0.3 is 5.97 Å². The summed E-state index contributed by atoms with van der Waals surface area (Å²) in [4.78, 5) is 22.9. The van der Waals surface area contributed by atoms with Crippen LogP contribution in [-0.4, -0.2) is 18.9 Å². The van der Waals surface area contributed by atoms with Crippen molar-refractivity contribution in [3.63, 3.8) is 0 Å². The second-order valence-electron chi connectivity index (χ2n) is 3.71. The maximum absolute atomic E-state index is 11.5. The van der Waals surface area contributed by atoms with Gasteiger partial charge in [0.15, 0.2) is 5.78 Å². The van der Waals surface area contributed by atoms with Gasteiger partial charge in [0.25, 0.3) is 0 Å². The standard InChI is InChI=1S/C13H12O3/c1-16-13(15)12-8-10(14)7-11(12)9-5-3-2-4-6-9/h2-7,12H,8H2,1H3. The van der Waals surface area contributed by atoms with Gasteiger partial charge in [-0.05, 0) is 17.2 Å². The number of methoxy groups -OCH3 is 1. The first-order valence-corrected chi connectivity index (χ1v) is 5.10. The fraction of sp³-hybridized carbons (Fsp3) is 0.231. The maximum Gasteiger partial charge on any atom is 0.313 e. The normalized spacial score (nSPS) is 19.4. The van der Waals surface area contributed by atoms with E-state index in [0.717, 1.165) is 11.1 Å². The molecule has 1 aliphatic carbocycles. The smallest absolute Gasteiger partial charge is 0.313 e. The molecule has 0 spiro atoms. The maximum atomic E-state index is 11.5. The fourth-order valence-corrected chi connectivity index (χ4v) is 1.91. The van der Waals surface area contributed by atoms with E-state index < -0.39 is 5.92 Å². The molecule has 0 heterocycles. The van der Waals surface area contributed by atoms with Gasteiger partial charge in [-0.1, -0.05) is 30.3 Å². The van der Waals surface area contributed by atoms with Crippen LogP contribution in [0.3, 0.4) is 0 Å². The highest BCUT2D eigenvalue weighted by Gasteiger charge is 2.32. The van der Waals surface area contributed by atoms with E-state index in [9.17, 15) is 9.59 Å². The van der Waals surface area contributed by atoms with Gasteiger partial charge in [0.2, 0.25) is 0 Å². The molecule has 0 fully saturated rings. The predicted octanol–water partition coefficient (Wildman–Crippen LogP) is 1.83. The van der Waals surface area contributed by atoms with E-state index >= 15 is 0 Å². The topological polar surface area (TPSA) is 43.4 Å². The van der Waals surface area contributed by atoms with Crippen molar-refractivity contribution in [1.29, 1.82) is 0 Å². The van der Waals surface area contributed by atoms with E-state index in [2.05, 4.69) is 0 Å². The van der Waals surface area contributed by atoms with Gasteiger partial charge in [-0.25, -0.2) is 0 Å². The highest BCUT2D eigenvalue weighted by atomic mass is 16.5. The van der Waals surface area contributed by atoms with Gasteiger partial charge in [0, 0.05) is 6.42 Å². The Hall–Kier alpha value is -1.90. The van der Waals surface area contributed by atoms with Crippen molar-refractivity contribution >= 4 is 17.3 Å². The van der Waals surface area contributed by atoms with Crippen LogP contribution < -0.4 is 0 Å². The first-order chi connectivity index (χ1) is 7.72. The molecule has 0 aliphatic heterocycles. The lowest BCUT2D eigenvalue weighted by Crippen LogP contribution is -2.16. The Morgan fingerprint density at radius 1 is 1.31 bits per heavy atom. The SMILES string of the molecule is COC(=O)C1CC(=O)C=C1c1ccccc1. The third-order valence-electron chi connectivity index (χ3n) is 2.69. The molecule has 0 bridgehead atoms. The minimum atomic E-state index is -0.445. The Morgan fingerprint density at radius 2 is 2.00 bits per heavy atom. The molecule has 3 nitrogen and oxygen atoms in total. The summed E-state index contributed by atoms with van der Waals surface area (Å²) < 4.78 is 4.70. The molecule has 0 N–H and O–H groups in total. The molecule has 1 aliphatic rings. The van der Waals surface area contributed by atoms with E-state index in [1.165, 1.54) is 13.2 Å². The number of allylic oxidation sites excluding steroid dienone is 1. The zero-order valence-corrected chi connectivity index (χ0v) is 8.97. The molecule has 1 aromatic rings. The van der Waals surface area contributed by atoms with Crippen LogP contribution in [0.15, 0.2) is 36.4 Å². The fourth-order valence-electron chi connectivity index (χ4n) is 1.91. The number of hydrogen-bond acceptors (Lipinski definition) is 3. The van der Waals surface area contributed by atoms with Gasteiger partial charge in [-0.2, -0.15) is 0 Å². The molecule has 82 valence electrons. The van der Waals surface area contributed by atoms with Crippen LogP contribution in [0, 0.1) is 5.92 Å². The van der Waals surface area contributed by atoms with Gasteiger partial charge in [0.05, 0.1) is 13.0 Å². The molecule has 1 atom stereocenters. The Balaban J connectivity index is 2.35. The number of benzene rings is 1. The summed E-state index contributed by atoms with van der Waals surface area (Å²) >= 11 is 0. The highest BCUT2D eigenvalue weighted by molar-refractivity contribution is 6.08. The van der Waals surface area contributed by atoms with Gasteiger partial charge in [-0.3, -0.25) is 9.59 Å². The average Bonchev–Trinajstić information content (AvgIpc) is 2.71. The molecule has 0 radical (unpaired) electrons. The van der Waals surface area contributed by atoms with E-state index in [1.54, 1.807) is 0 Å². The Labute approximate surface area is 93.7 Å². The second kappa shape index (κ2) is 4.31. The molecule has 16 heavy (non-hydrogen) atoms. The van der Waals surface area contributed by atoms with Crippen molar-refractivity contribution in [2.24, 2.45) is 5.92 Å². The van der Waals surface area contributed by atoms with Crippen molar-refractivity contribution in [3.05, 3.63) is 42.0 Å². The quantitative estimate of drug-likeness (QED) is 0.708. The van der Waals surface area contributed by atoms with Crippen LogP contribution in [0.5, 0.6) is 0 Å². The summed E-state index contributed by atoms with van der Waals surface area (Å²) in [6, 6.07) is 9.44. The van der Waals surface area contributed by atoms with Crippen molar-refractivity contribution in [1.82, 2.24) is 0 Å². The molecule has 1 aromatic carbocycles. The van der Waals surface area contributed by atoms with E-state index in [0.29, 0.717) is 0 Å². The first-order valence-electron chi connectivity index (χ1n) is 5.10. The van der Waals surface area contributed by atoms with Crippen molar-refractivity contribution in [3.8, 4) is 0 Å². The average molecular weight is 216 g/mol. The van der Waals surface area contributed by atoms with Crippen LogP contribution in [0.25, 0.3) is 5.57 Å². The van der Waals surface area contributed by atoms with Gasteiger partial charge in [-0.15, -0.1) is 0 Å². The minimum Gasteiger partial charge on any atom is -0.469 e. The number of hydrogen-bond donors (Lipinski definition) is 0. The number of carbonyl (C=O) groups is 2. The number of ketones is 1. The minimum absolute atomic E-state index is 0.0192. The summed E-state index contributed by atoms with van der Waals surface area (Å²) in [6.07, 6.45) is 1.76. The lowest BCUT2D eigenvalue weighted by molar-refractivity contribution is -0.144. The molecule has 0 aromatic heterocycles. The number of rotatable bonds is 2. The first kappa shape index (κ1) is 10.6. The van der Waals surface area contributed by atoms with Crippen LogP contribution in [-0.2, 0) is 14.3 Å². The zero-order valence-electron chi connectivity index (χ0n) is 8.97. The van der Waals surface area contributed by atoms with Crippen LogP contribution in [0.2, 0.25) is 0 Å². The predicted molar refractivity (Wildman–Crippen MR) is 59.5 cm³/mol. The van der Waals surface area contributed by atoms with E-state index in [-0.39, 0.29) is 18.2 Å². The largest absolute Gasteiger partial charge is 0.469 e. The van der Waals surface area contributed by atoms with Crippen molar-refractivity contribution in [2.75, 3.05) is 7.11 Å². The Kier molecular flexibility index (Phi) is 2.86. The lowest BCUT2D eigenvalue weighted by Gasteiger charge is -2.11. The number of ether oxygens (including phenoxy) is 1. The molecule has 0 amide bonds. The van der Waals surface area contributed by atoms with E-state index in [1.807, 2.05) is 30.3 Å². The summed E-state index contributed by atoms with van der Waals surface area (Å²) in [7, 11) is 1.34. The number of esters is 1. The van der Waals surface area contributed by atoms with E-state index in [4.69, 9.17) is 4.74 Å². The lowest BCUT2D eigenvalue weighted by atomic mass is 9.95. The second-order valence-corrected chi connectivity index (χ2v) is 3.71. The monoisotopic (exact) mass is 216 g/mol.